The molecule has 4 atom stereocenters. The summed E-state index contributed by atoms with van der Waals surface area (Å²) in [7, 11) is 6.77. The number of likely N-dealkylation sites (N-methyl/N-ethyl adjacent to an activating group) is 1. The minimum atomic E-state index is -2.72. The fraction of sp³-hybridized carbons (Fsp3) is 0.533. The van der Waals surface area contributed by atoms with E-state index in [4.69, 9.17) is 5.73 Å². The lowest BCUT2D eigenvalue weighted by atomic mass is 9.57. The number of fused-ring (bicyclic) bond motifs is 3. The van der Waals surface area contributed by atoms with Gasteiger partial charge in [-0.05, 0) is 64.0 Å². The van der Waals surface area contributed by atoms with Crippen LogP contribution in [0.5, 0.6) is 5.75 Å². The van der Waals surface area contributed by atoms with Gasteiger partial charge in [-0.1, -0.05) is 20.8 Å². The van der Waals surface area contributed by atoms with Crippen LogP contribution in [-0.4, -0.2) is 99.9 Å². The predicted molar refractivity (Wildman–Crippen MR) is 150 cm³/mol. The van der Waals surface area contributed by atoms with Crippen molar-refractivity contribution >= 4 is 29.0 Å². The third kappa shape index (κ3) is 4.56. The smallest absolute Gasteiger partial charge is 0.255 e. The Morgan fingerprint density at radius 2 is 1.71 bits per heavy atom. The van der Waals surface area contributed by atoms with Crippen molar-refractivity contribution < 1.29 is 39.6 Å². The molecule has 0 unspecified atom stereocenters. The first kappa shape index (κ1) is 30.4. The minimum absolute atomic E-state index is 0.0428. The number of aliphatic hydroxyl groups excluding tert-OH is 2. The zero-order valence-corrected chi connectivity index (χ0v) is 24.5. The first-order chi connectivity index (χ1) is 18.8. The standard InChI is InChI=1S/C30H39N3O8/c1-29(2,3)17-12-14(18(34)8-9-32(4)5)15-10-13-11-16-22(33(6)7)25(37)21(28(31)40)27(39)30(16,41)26(38)19(13)24(36)20(15)23(17)35/h12-13,16,22,35-36,39,41H,8-11H2,1-7H3,(H2,31,40)/t13-,16-,22-,30-/m1/s1. The number of ketones is 3. The maximum absolute atomic E-state index is 14.1. The van der Waals surface area contributed by atoms with Crippen molar-refractivity contribution in [3.63, 3.8) is 0 Å². The summed E-state index contributed by atoms with van der Waals surface area (Å²) < 4.78 is 0. The SMILES string of the molecule is CN(C)CCC(=O)c1cc(C(C)(C)C)c(O)c2c1C[C@@H]1C[C@@H]3[C@@H](N(C)C)C(=O)C(C(N)=O)=C(O)[C@]3(O)C(=O)C1=C2O. The zero-order chi connectivity index (χ0) is 30.9. The van der Waals surface area contributed by atoms with E-state index in [0.29, 0.717) is 23.2 Å². The van der Waals surface area contributed by atoms with Gasteiger partial charge in [0, 0.05) is 35.6 Å². The average Bonchev–Trinajstić information content (AvgIpc) is 2.83. The molecule has 1 aromatic carbocycles. The Morgan fingerprint density at radius 1 is 1.10 bits per heavy atom. The van der Waals surface area contributed by atoms with E-state index < -0.39 is 63.5 Å². The van der Waals surface area contributed by atoms with E-state index in [0.717, 1.165) is 0 Å². The molecular weight excluding hydrogens is 530 g/mol. The molecule has 6 N–H and O–H groups in total. The summed E-state index contributed by atoms with van der Waals surface area (Å²) in [5, 5.41) is 45.8. The molecule has 222 valence electrons. The highest BCUT2D eigenvalue weighted by Gasteiger charge is 2.64. The molecule has 1 amide bonds. The van der Waals surface area contributed by atoms with Crippen molar-refractivity contribution in [3.8, 4) is 5.75 Å². The Balaban J connectivity index is 2.00. The van der Waals surface area contributed by atoms with E-state index >= 15 is 0 Å². The quantitative estimate of drug-likeness (QED) is 0.248. The Kier molecular flexibility index (Phi) is 7.47. The summed E-state index contributed by atoms with van der Waals surface area (Å²) in [5.41, 5.74) is 1.94. The van der Waals surface area contributed by atoms with Gasteiger partial charge in [0.1, 0.15) is 22.8 Å². The summed E-state index contributed by atoms with van der Waals surface area (Å²) in [6.45, 7) is 5.99. The molecule has 4 rings (SSSR count). The van der Waals surface area contributed by atoms with Crippen molar-refractivity contribution in [2.24, 2.45) is 17.6 Å². The maximum Gasteiger partial charge on any atom is 0.255 e. The van der Waals surface area contributed by atoms with Crippen LogP contribution in [0.15, 0.2) is 23.0 Å². The van der Waals surface area contributed by atoms with E-state index in [2.05, 4.69) is 0 Å². The van der Waals surface area contributed by atoms with Crippen molar-refractivity contribution in [1.82, 2.24) is 9.80 Å². The topological polar surface area (TPSA) is 182 Å². The zero-order valence-electron chi connectivity index (χ0n) is 24.5. The summed E-state index contributed by atoms with van der Waals surface area (Å²) >= 11 is 0. The van der Waals surface area contributed by atoms with Gasteiger partial charge in [-0.3, -0.25) is 24.1 Å². The molecule has 0 aliphatic heterocycles. The third-order valence-corrected chi connectivity index (χ3v) is 8.62. The predicted octanol–water partition coefficient (Wildman–Crippen LogP) is 1.40. The second-order valence-corrected chi connectivity index (χ2v) is 12.9. The van der Waals surface area contributed by atoms with Crippen LogP contribution in [0.1, 0.15) is 60.7 Å². The summed E-state index contributed by atoms with van der Waals surface area (Å²) in [4.78, 5) is 56.3. The summed E-state index contributed by atoms with van der Waals surface area (Å²) in [6.07, 6.45) is 0.206. The normalized spacial score (nSPS) is 26.3. The Labute approximate surface area is 238 Å². The number of amides is 1. The molecule has 3 aliphatic rings. The number of phenolic OH excluding ortho intramolecular Hbond substituents is 1. The average molecular weight is 570 g/mol. The van der Waals surface area contributed by atoms with Crippen LogP contribution in [0, 0.1) is 11.8 Å². The molecule has 0 saturated heterocycles. The van der Waals surface area contributed by atoms with Crippen molar-refractivity contribution in [1.29, 1.82) is 0 Å². The number of primary amides is 1. The van der Waals surface area contributed by atoms with Gasteiger partial charge >= 0.3 is 0 Å². The van der Waals surface area contributed by atoms with Crippen molar-refractivity contribution in [2.75, 3.05) is 34.7 Å². The van der Waals surface area contributed by atoms with Gasteiger partial charge in [0.05, 0.1) is 11.6 Å². The molecule has 0 radical (unpaired) electrons. The van der Waals surface area contributed by atoms with Crippen LogP contribution < -0.4 is 5.73 Å². The maximum atomic E-state index is 14.1. The molecule has 0 spiro atoms. The minimum Gasteiger partial charge on any atom is -0.508 e. The van der Waals surface area contributed by atoms with E-state index in [1.807, 2.05) is 39.8 Å². The van der Waals surface area contributed by atoms with Gasteiger partial charge in [-0.2, -0.15) is 0 Å². The van der Waals surface area contributed by atoms with Gasteiger partial charge in [0.15, 0.2) is 17.2 Å². The molecule has 0 aromatic heterocycles. The van der Waals surface area contributed by atoms with Gasteiger partial charge < -0.3 is 31.1 Å². The highest BCUT2D eigenvalue weighted by atomic mass is 16.3. The first-order valence-electron chi connectivity index (χ1n) is 13.6. The fourth-order valence-electron chi connectivity index (χ4n) is 6.59. The van der Waals surface area contributed by atoms with Crippen LogP contribution in [0.4, 0.5) is 0 Å². The molecule has 41 heavy (non-hydrogen) atoms. The summed E-state index contributed by atoms with van der Waals surface area (Å²) in [6, 6.07) is 0.469. The molecule has 11 nitrogen and oxygen atoms in total. The van der Waals surface area contributed by atoms with E-state index in [1.165, 1.54) is 4.90 Å². The number of Topliss-reactive ketones (excluding diaryl/α,β-unsaturated/α-hetero) is 3. The monoisotopic (exact) mass is 569 g/mol. The van der Waals surface area contributed by atoms with Gasteiger partial charge in [-0.25, -0.2) is 0 Å². The lowest BCUT2D eigenvalue weighted by molar-refractivity contribution is -0.153. The Morgan fingerprint density at radius 3 is 2.22 bits per heavy atom. The highest BCUT2D eigenvalue weighted by Crippen LogP contribution is 2.54. The van der Waals surface area contributed by atoms with E-state index in [1.54, 1.807) is 20.2 Å². The van der Waals surface area contributed by atoms with E-state index in [9.17, 15) is 39.6 Å². The number of rotatable bonds is 6. The number of benzene rings is 1. The van der Waals surface area contributed by atoms with Crippen LogP contribution in [-0.2, 0) is 26.2 Å². The molecule has 1 fully saturated rings. The number of hydrogen-bond donors (Lipinski definition) is 5. The molecule has 1 saturated carbocycles. The van der Waals surface area contributed by atoms with Gasteiger partial charge in [-0.15, -0.1) is 0 Å². The largest absolute Gasteiger partial charge is 0.508 e. The third-order valence-electron chi connectivity index (χ3n) is 8.62. The second-order valence-electron chi connectivity index (χ2n) is 12.9. The van der Waals surface area contributed by atoms with Crippen LogP contribution in [0.2, 0.25) is 0 Å². The van der Waals surface area contributed by atoms with Crippen LogP contribution in [0.25, 0.3) is 5.76 Å². The lowest BCUT2D eigenvalue weighted by Crippen LogP contribution is -2.65. The first-order valence-corrected chi connectivity index (χ1v) is 13.6. The molecule has 3 aliphatic carbocycles. The number of nitrogens with zero attached hydrogens (tertiary/aromatic N) is 2. The lowest BCUT2D eigenvalue weighted by Gasteiger charge is -2.50. The Bertz CT molecular complexity index is 1430. The second kappa shape index (κ2) is 10.1. The van der Waals surface area contributed by atoms with Crippen molar-refractivity contribution in [3.05, 3.63) is 45.2 Å². The highest BCUT2D eigenvalue weighted by molar-refractivity contribution is 6.24. The number of aromatic hydroxyl groups is 1. The number of nitrogens with two attached hydrogens (primary N) is 1. The van der Waals surface area contributed by atoms with Gasteiger partial charge in [0.2, 0.25) is 5.78 Å². The summed E-state index contributed by atoms with van der Waals surface area (Å²) in [5.74, 6) is -7.35. The number of carbonyl (C=O) groups excluding carboxylic acids is 4. The van der Waals surface area contributed by atoms with Crippen LogP contribution in [0.3, 0.4) is 0 Å². The number of carbonyl (C=O) groups is 4. The van der Waals surface area contributed by atoms with E-state index in [-0.39, 0.29) is 41.9 Å². The van der Waals surface area contributed by atoms with Crippen LogP contribution >= 0.6 is 0 Å². The molecule has 1 aromatic rings. The number of hydrogen-bond acceptors (Lipinski definition) is 10. The number of aliphatic hydroxyl groups is 3. The molecular formula is C30H39N3O8. The molecule has 0 heterocycles. The van der Waals surface area contributed by atoms with Gasteiger partial charge in [0.25, 0.3) is 5.91 Å². The molecule has 11 heteroatoms. The fourth-order valence-corrected chi connectivity index (χ4v) is 6.59. The number of phenols is 1. The van der Waals surface area contributed by atoms with Crippen molar-refractivity contribution in [2.45, 2.75) is 57.1 Å². The molecule has 0 bridgehead atoms. The Hall–Kier alpha value is -3.54.